The molecule has 0 aliphatic rings. The van der Waals surface area contributed by atoms with E-state index in [-0.39, 0.29) is 11.2 Å². The van der Waals surface area contributed by atoms with Crippen molar-refractivity contribution in [2.45, 2.75) is 13.3 Å². The Labute approximate surface area is 170 Å². The second kappa shape index (κ2) is 12.4. The van der Waals surface area contributed by atoms with Crippen LogP contribution < -0.4 is 15.4 Å². The highest BCUT2D eigenvalue weighted by Gasteiger charge is 2.05. The summed E-state index contributed by atoms with van der Waals surface area (Å²) < 4.78 is 34.3. The molecule has 12 heteroatoms. The van der Waals surface area contributed by atoms with E-state index in [4.69, 9.17) is 21.1 Å². The molecule has 1 unspecified atom stereocenters. The van der Waals surface area contributed by atoms with Gasteiger partial charge in [-0.2, -0.15) is 15.0 Å². The number of hydrogen-bond donors (Lipinski definition) is 3. The average molecular weight is 430 g/mol. The standard InChI is InChI=1S/C16H23ClN6O4S/c1-2-8-26-10-11-27-9-7-18-15-20-14(17)21-16(22-15)19-12-3-5-13(6-4-12)23-28(24)25/h3-6,23H,2,7-11H2,1H3,(H,24,25)(H2,18,19,20,21,22)/p-1. The fourth-order valence-corrected chi connectivity index (χ4v) is 2.52. The third-order valence-corrected chi connectivity index (χ3v) is 3.77. The summed E-state index contributed by atoms with van der Waals surface area (Å²) in [5.41, 5.74) is 1.10. The minimum absolute atomic E-state index is 0.0360. The first-order chi connectivity index (χ1) is 13.6. The summed E-state index contributed by atoms with van der Waals surface area (Å²) in [4.78, 5) is 12.3. The molecular formula is C16H22ClN6O4S-. The maximum atomic E-state index is 10.6. The second-order valence-corrected chi connectivity index (χ2v) is 6.45. The van der Waals surface area contributed by atoms with E-state index in [1.54, 1.807) is 24.3 Å². The quantitative estimate of drug-likeness (QED) is 0.324. The Hall–Kier alpha value is -2.05. The van der Waals surface area contributed by atoms with Gasteiger partial charge in [-0.3, -0.25) is 4.21 Å². The van der Waals surface area contributed by atoms with Gasteiger partial charge in [0.25, 0.3) is 0 Å². The maximum Gasteiger partial charge on any atom is 0.233 e. The molecule has 0 amide bonds. The summed E-state index contributed by atoms with van der Waals surface area (Å²) in [7, 11) is 0. The van der Waals surface area contributed by atoms with E-state index >= 15 is 0 Å². The molecule has 0 saturated heterocycles. The normalized spacial score (nSPS) is 11.8. The fourth-order valence-electron chi connectivity index (χ4n) is 2.03. The molecule has 0 aliphatic heterocycles. The first-order valence-corrected chi connectivity index (χ1v) is 10.1. The molecule has 1 atom stereocenters. The molecule has 1 aromatic heterocycles. The summed E-state index contributed by atoms with van der Waals surface area (Å²) in [5.74, 6) is 0.567. The summed E-state index contributed by atoms with van der Waals surface area (Å²) in [6.07, 6.45) is 0.986. The third-order valence-electron chi connectivity index (χ3n) is 3.20. The zero-order chi connectivity index (χ0) is 20.2. The highest BCUT2D eigenvalue weighted by atomic mass is 35.5. The third kappa shape index (κ3) is 8.76. The molecule has 0 spiro atoms. The van der Waals surface area contributed by atoms with Crippen molar-refractivity contribution < 1.29 is 18.2 Å². The maximum absolute atomic E-state index is 10.6. The molecule has 0 saturated carbocycles. The summed E-state index contributed by atoms with van der Waals surface area (Å²) in [5, 5.41) is 6.03. The van der Waals surface area contributed by atoms with Crippen LogP contribution in [0.1, 0.15) is 13.3 Å². The van der Waals surface area contributed by atoms with E-state index in [0.29, 0.717) is 43.7 Å². The van der Waals surface area contributed by atoms with E-state index in [2.05, 4.69) is 37.2 Å². The van der Waals surface area contributed by atoms with Crippen LogP contribution in [-0.2, 0) is 20.7 Å². The number of ether oxygens (including phenoxy) is 2. The minimum Gasteiger partial charge on any atom is -0.755 e. The van der Waals surface area contributed by atoms with Gasteiger partial charge in [0.1, 0.15) is 0 Å². The lowest BCUT2D eigenvalue weighted by Crippen LogP contribution is -2.15. The molecule has 28 heavy (non-hydrogen) atoms. The molecule has 2 aromatic rings. The Kier molecular flexibility index (Phi) is 9.86. The van der Waals surface area contributed by atoms with Crippen LogP contribution in [0.25, 0.3) is 0 Å². The SMILES string of the molecule is CCCOCCOCCNc1nc(Cl)nc(Nc2ccc(NS(=O)[O-])cc2)n1. The molecule has 1 aromatic carbocycles. The largest absolute Gasteiger partial charge is 0.755 e. The Balaban J connectivity index is 1.81. The van der Waals surface area contributed by atoms with Gasteiger partial charge in [0.2, 0.25) is 17.2 Å². The van der Waals surface area contributed by atoms with Crippen molar-refractivity contribution in [3.05, 3.63) is 29.5 Å². The van der Waals surface area contributed by atoms with Crippen molar-refractivity contribution in [3.63, 3.8) is 0 Å². The van der Waals surface area contributed by atoms with Crippen molar-refractivity contribution in [1.29, 1.82) is 0 Å². The van der Waals surface area contributed by atoms with Crippen LogP contribution in [0.4, 0.5) is 23.3 Å². The first-order valence-electron chi connectivity index (χ1n) is 8.60. The molecule has 0 radical (unpaired) electrons. The van der Waals surface area contributed by atoms with E-state index < -0.39 is 11.3 Å². The first kappa shape index (κ1) is 22.2. The van der Waals surface area contributed by atoms with Crippen molar-refractivity contribution in [3.8, 4) is 0 Å². The van der Waals surface area contributed by atoms with Gasteiger partial charge in [-0.15, -0.1) is 0 Å². The molecule has 154 valence electrons. The summed E-state index contributed by atoms with van der Waals surface area (Å²) >= 11 is 3.57. The lowest BCUT2D eigenvalue weighted by atomic mass is 10.3. The van der Waals surface area contributed by atoms with E-state index in [1.807, 2.05) is 0 Å². The fraction of sp³-hybridized carbons (Fsp3) is 0.438. The van der Waals surface area contributed by atoms with Crippen LogP contribution in [0, 0.1) is 0 Å². The van der Waals surface area contributed by atoms with Crippen LogP contribution in [0.5, 0.6) is 0 Å². The Morgan fingerprint density at radius 2 is 1.64 bits per heavy atom. The zero-order valence-corrected chi connectivity index (χ0v) is 16.9. The molecule has 0 bridgehead atoms. The van der Waals surface area contributed by atoms with Gasteiger partial charge in [-0.05, 0) is 42.3 Å². The molecule has 2 rings (SSSR count). The van der Waals surface area contributed by atoms with Gasteiger partial charge in [-0.1, -0.05) is 6.92 Å². The van der Waals surface area contributed by atoms with Crippen molar-refractivity contribution in [2.75, 3.05) is 48.3 Å². The Bertz CT molecular complexity index is 752. The smallest absolute Gasteiger partial charge is 0.233 e. The van der Waals surface area contributed by atoms with Gasteiger partial charge < -0.3 is 29.4 Å². The molecule has 0 aliphatic carbocycles. The Morgan fingerprint density at radius 3 is 2.32 bits per heavy atom. The molecule has 3 N–H and O–H groups in total. The van der Waals surface area contributed by atoms with E-state index in [1.165, 1.54) is 0 Å². The number of nitrogens with one attached hydrogen (secondary N) is 3. The highest BCUT2D eigenvalue weighted by molar-refractivity contribution is 7.80. The van der Waals surface area contributed by atoms with Gasteiger partial charge in [0.15, 0.2) is 0 Å². The number of aromatic nitrogens is 3. The van der Waals surface area contributed by atoms with Gasteiger partial charge in [-0.25, -0.2) is 0 Å². The molecule has 10 nitrogen and oxygen atoms in total. The van der Waals surface area contributed by atoms with Crippen LogP contribution >= 0.6 is 11.6 Å². The zero-order valence-electron chi connectivity index (χ0n) is 15.3. The van der Waals surface area contributed by atoms with Crippen LogP contribution in [0.15, 0.2) is 24.3 Å². The predicted molar refractivity (Wildman–Crippen MR) is 108 cm³/mol. The monoisotopic (exact) mass is 429 g/mol. The predicted octanol–water partition coefficient (Wildman–Crippen LogP) is 2.33. The second-order valence-electron chi connectivity index (χ2n) is 5.44. The summed E-state index contributed by atoms with van der Waals surface area (Å²) in [6, 6.07) is 6.55. The topological polar surface area (TPSA) is 133 Å². The van der Waals surface area contributed by atoms with Crippen LogP contribution in [-0.4, -0.2) is 56.7 Å². The lowest BCUT2D eigenvalue weighted by molar-refractivity contribution is 0.0518. The Morgan fingerprint density at radius 1 is 1.00 bits per heavy atom. The average Bonchev–Trinajstić information content (AvgIpc) is 2.65. The van der Waals surface area contributed by atoms with Crippen molar-refractivity contribution >= 4 is 46.1 Å². The van der Waals surface area contributed by atoms with Crippen LogP contribution in [0.2, 0.25) is 5.28 Å². The number of anilines is 4. The van der Waals surface area contributed by atoms with Gasteiger partial charge >= 0.3 is 0 Å². The number of nitrogens with zero attached hydrogens (tertiary/aromatic N) is 3. The summed E-state index contributed by atoms with van der Waals surface area (Å²) in [6.45, 7) is 4.85. The lowest BCUT2D eigenvalue weighted by Gasteiger charge is -2.11. The number of benzene rings is 1. The number of rotatable bonds is 13. The van der Waals surface area contributed by atoms with Crippen molar-refractivity contribution in [1.82, 2.24) is 15.0 Å². The number of hydrogen-bond acceptors (Lipinski definition) is 9. The molecule has 0 fully saturated rings. The van der Waals surface area contributed by atoms with Gasteiger partial charge in [0.05, 0.1) is 19.8 Å². The number of halogens is 1. The molecule has 1 heterocycles. The minimum atomic E-state index is -2.37. The van der Waals surface area contributed by atoms with Crippen LogP contribution in [0.3, 0.4) is 0 Å². The van der Waals surface area contributed by atoms with E-state index in [9.17, 15) is 8.76 Å². The van der Waals surface area contributed by atoms with E-state index in [0.717, 1.165) is 13.0 Å². The highest BCUT2D eigenvalue weighted by Crippen LogP contribution is 2.18. The molecular weight excluding hydrogens is 408 g/mol. The van der Waals surface area contributed by atoms with Crippen molar-refractivity contribution in [2.24, 2.45) is 0 Å². The van der Waals surface area contributed by atoms with Gasteiger partial charge in [0, 0.05) is 35.8 Å².